The van der Waals surface area contributed by atoms with E-state index in [2.05, 4.69) is 116 Å². The first-order valence-corrected chi connectivity index (χ1v) is 13.7. The van der Waals surface area contributed by atoms with Crippen LogP contribution in [0.25, 0.3) is 0 Å². The first-order valence-electron chi connectivity index (χ1n) is 13.7. The molecule has 0 saturated heterocycles. The van der Waals surface area contributed by atoms with E-state index in [1.54, 1.807) is 0 Å². The predicted octanol–water partition coefficient (Wildman–Crippen LogP) is 6.81. The van der Waals surface area contributed by atoms with E-state index in [-0.39, 0.29) is 22.6 Å². The van der Waals surface area contributed by atoms with Crippen LogP contribution < -0.4 is 15.5 Å². The summed E-state index contributed by atoms with van der Waals surface area (Å²) in [5.74, 6) is -0.130. The molecule has 2 aliphatic rings. The molecule has 2 aromatic rings. The van der Waals surface area contributed by atoms with E-state index in [1.807, 2.05) is 12.1 Å². The zero-order valence-electron chi connectivity index (χ0n) is 24.5. The van der Waals surface area contributed by atoms with Crippen molar-refractivity contribution >= 4 is 40.3 Å². The summed E-state index contributed by atoms with van der Waals surface area (Å²) in [6, 6.07) is 12.3. The highest BCUT2D eigenvalue weighted by molar-refractivity contribution is 6.03. The zero-order valence-corrected chi connectivity index (χ0v) is 24.5. The van der Waals surface area contributed by atoms with E-state index < -0.39 is 0 Å². The number of fused-ring (bicyclic) bond motifs is 2. The molecule has 0 aliphatic carbocycles. The Hall–Kier alpha value is -3.93. The highest BCUT2D eigenvalue weighted by atomic mass is 16.2. The van der Waals surface area contributed by atoms with E-state index in [9.17, 15) is 9.59 Å². The molecule has 0 radical (unpaired) electrons. The molecule has 2 aromatic carbocycles. The number of carbonyl (C=O) groups is 2. The van der Waals surface area contributed by atoms with Crippen molar-refractivity contribution in [3.05, 3.63) is 83.6 Å². The van der Waals surface area contributed by atoms with Crippen LogP contribution in [0.2, 0.25) is 0 Å². The van der Waals surface area contributed by atoms with E-state index >= 15 is 0 Å². The number of allylic oxidation sites excluding steroid dienone is 6. The second kappa shape index (κ2) is 10.7. The summed E-state index contributed by atoms with van der Waals surface area (Å²) < 4.78 is 2.35. The average Bonchev–Trinajstić information content (AvgIpc) is 3.21. The van der Waals surface area contributed by atoms with Gasteiger partial charge in [-0.15, -0.1) is 0 Å². The summed E-state index contributed by atoms with van der Waals surface area (Å²) >= 11 is 0. The van der Waals surface area contributed by atoms with Crippen LogP contribution in [-0.2, 0) is 20.4 Å². The standard InChI is InChI=1S/C33H40N4O2/c1-9-36-28-18-16-24(34-22(3)38)20-26(28)32(5,6)30(36)14-12-11-13-15-31-33(7,8)27-21-25(35-23(4)39)17-19-29(27)37(31)10-2/h11-21H,9-10H2,1-8H3,(H-,34,35,38,39)/p+1. The quantitative estimate of drug-likeness (QED) is 0.308. The Morgan fingerprint density at radius 1 is 0.846 bits per heavy atom. The topological polar surface area (TPSA) is 64.5 Å². The minimum Gasteiger partial charge on any atom is -0.344 e. The number of nitrogens with zero attached hydrogens (tertiary/aromatic N) is 2. The molecule has 2 aliphatic heterocycles. The number of hydrogen-bond donors (Lipinski definition) is 2. The normalized spacial score (nSPS) is 18.3. The van der Waals surface area contributed by atoms with Crippen molar-refractivity contribution < 1.29 is 14.2 Å². The van der Waals surface area contributed by atoms with Gasteiger partial charge >= 0.3 is 0 Å². The molecule has 2 amide bonds. The lowest BCUT2D eigenvalue weighted by atomic mass is 9.81. The molecule has 0 saturated carbocycles. The van der Waals surface area contributed by atoms with Crippen LogP contribution in [0.15, 0.2) is 72.5 Å². The summed E-state index contributed by atoms with van der Waals surface area (Å²) in [5.41, 5.74) is 8.52. The Kier molecular flexibility index (Phi) is 7.69. The Balaban J connectivity index is 1.59. The van der Waals surface area contributed by atoms with Gasteiger partial charge in [0.15, 0.2) is 5.71 Å². The zero-order chi connectivity index (χ0) is 28.5. The fourth-order valence-corrected chi connectivity index (χ4v) is 5.95. The highest BCUT2D eigenvalue weighted by Crippen LogP contribution is 2.48. The van der Waals surface area contributed by atoms with Crippen LogP contribution in [0.4, 0.5) is 22.7 Å². The molecule has 0 unspecified atom stereocenters. The lowest BCUT2D eigenvalue weighted by molar-refractivity contribution is -0.433. The third-order valence-electron chi connectivity index (χ3n) is 7.79. The van der Waals surface area contributed by atoms with Crippen LogP contribution in [-0.4, -0.2) is 35.2 Å². The molecule has 0 aromatic heterocycles. The fraction of sp³-hybridized carbons (Fsp3) is 0.364. The number of nitrogens with one attached hydrogen (secondary N) is 2. The fourth-order valence-electron chi connectivity index (χ4n) is 5.95. The maximum atomic E-state index is 11.6. The number of amides is 2. The summed E-state index contributed by atoms with van der Waals surface area (Å²) in [6.07, 6.45) is 10.7. The van der Waals surface area contributed by atoms with Gasteiger partial charge in [0.25, 0.3) is 0 Å². The number of hydrogen-bond acceptors (Lipinski definition) is 3. The number of likely N-dealkylation sites (N-methyl/N-ethyl adjacent to an activating group) is 1. The second-order valence-electron chi connectivity index (χ2n) is 11.2. The molecular formula is C33H41N4O2+. The average molecular weight is 526 g/mol. The third kappa shape index (κ3) is 5.20. The number of anilines is 3. The molecule has 39 heavy (non-hydrogen) atoms. The van der Waals surface area contributed by atoms with Gasteiger partial charge in [0.1, 0.15) is 6.54 Å². The Labute approximate surface area is 232 Å². The minimum atomic E-state index is -0.192. The molecule has 4 rings (SSSR count). The second-order valence-corrected chi connectivity index (χ2v) is 11.2. The molecular weight excluding hydrogens is 484 g/mol. The summed E-state index contributed by atoms with van der Waals surface area (Å²) in [5, 5.41) is 5.83. The van der Waals surface area contributed by atoms with Crippen molar-refractivity contribution in [3.8, 4) is 0 Å². The van der Waals surface area contributed by atoms with E-state index in [4.69, 9.17) is 0 Å². The SMILES string of the molecule is CCN1C(=CC=CC=CC2=[N+](CC)c3ccc(NC(C)=O)cc3C2(C)C)C(C)(C)c2cc(NC(C)=O)ccc21. The van der Waals surface area contributed by atoms with E-state index in [0.29, 0.717) is 0 Å². The molecule has 6 nitrogen and oxygen atoms in total. The monoisotopic (exact) mass is 525 g/mol. The van der Waals surface area contributed by atoms with Crippen molar-refractivity contribution in [2.75, 3.05) is 28.6 Å². The number of rotatable bonds is 7. The Morgan fingerprint density at radius 3 is 2.05 bits per heavy atom. The molecule has 6 heteroatoms. The van der Waals surface area contributed by atoms with Gasteiger partial charge in [-0.1, -0.05) is 32.1 Å². The van der Waals surface area contributed by atoms with Gasteiger partial charge in [0.2, 0.25) is 17.5 Å². The molecule has 204 valence electrons. The van der Waals surface area contributed by atoms with Gasteiger partial charge in [-0.3, -0.25) is 9.59 Å². The summed E-state index contributed by atoms with van der Waals surface area (Å²) in [7, 11) is 0. The van der Waals surface area contributed by atoms with Crippen LogP contribution in [0.3, 0.4) is 0 Å². The van der Waals surface area contributed by atoms with Crippen molar-refractivity contribution in [1.82, 2.24) is 0 Å². The predicted molar refractivity (Wildman–Crippen MR) is 162 cm³/mol. The lowest BCUT2D eigenvalue weighted by Crippen LogP contribution is -2.27. The first kappa shape index (κ1) is 28.1. The van der Waals surface area contributed by atoms with Crippen LogP contribution in [0, 0.1) is 0 Å². The Bertz CT molecular complexity index is 1440. The summed E-state index contributed by atoms with van der Waals surface area (Å²) in [6.45, 7) is 18.1. The van der Waals surface area contributed by atoms with Crippen molar-refractivity contribution in [2.24, 2.45) is 0 Å². The number of benzene rings is 2. The maximum Gasteiger partial charge on any atom is 0.221 e. The molecule has 0 fully saturated rings. The first-order chi connectivity index (χ1) is 18.4. The van der Waals surface area contributed by atoms with Crippen molar-refractivity contribution in [3.63, 3.8) is 0 Å². The highest BCUT2D eigenvalue weighted by Gasteiger charge is 2.44. The molecule has 0 spiro atoms. The largest absolute Gasteiger partial charge is 0.344 e. The van der Waals surface area contributed by atoms with Gasteiger partial charge in [0, 0.05) is 66.3 Å². The van der Waals surface area contributed by atoms with Crippen LogP contribution >= 0.6 is 0 Å². The summed E-state index contributed by atoms with van der Waals surface area (Å²) in [4.78, 5) is 25.5. The lowest BCUT2D eigenvalue weighted by Gasteiger charge is -2.25. The van der Waals surface area contributed by atoms with Gasteiger partial charge in [-0.05, 0) is 69.7 Å². The van der Waals surface area contributed by atoms with Crippen molar-refractivity contribution in [1.29, 1.82) is 0 Å². The Morgan fingerprint density at radius 2 is 1.46 bits per heavy atom. The van der Waals surface area contributed by atoms with Gasteiger partial charge in [0.05, 0.1) is 5.41 Å². The van der Waals surface area contributed by atoms with E-state index in [1.165, 1.54) is 47.8 Å². The van der Waals surface area contributed by atoms with Crippen LogP contribution in [0.1, 0.15) is 66.5 Å². The molecule has 0 bridgehead atoms. The van der Waals surface area contributed by atoms with Gasteiger partial charge < -0.3 is 15.5 Å². The number of carbonyl (C=O) groups excluding carboxylic acids is 2. The van der Waals surface area contributed by atoms with Crippen molar-refractivity contribution in [2.45, 2.75) is 66.2 Å². The van der Waals surface area contributed by atoms with Crippen LogP contribution in [0.5, 0.6) is 0 Å². The molecule has 0 atom stereocenters. The molecule has 2 N–H and O–H groups in total. The third-order valence-corrected chi connectivity index (χ3v) is 7.79. The van der Waals surface area contributed by atoms with Gasteiger partial charge in [-0.25, -0.2) is 0 Å². The maximum absolute atomic E-state index is 11.6. The van der Waals surface area contributed by atoms with Gasteiger partial charge in [-0.2, -0.15) is 4.58 Å². The molecule has 2 heterocycles. The smallest absolute Gasteiger partial charge is 0.221 e. The minimum absolute atomic E-state index is 0.0650. The van der Waals surface area contributed by atoms with E-state index in [0.717, 1.165) is 24.5 Å².